The van der Waals surface area contributed by atoms with Gasteiger partial charge in [0.1, 0.15) is 0 Å². The van der Waals surface area contributed by atoms with Crippen LogP contribution in [-0.4, -0.2) is 28.5 Å². The largest absolute Gasteiger partial charge is 0.478 e. The quantitative estimate of drug-likeness (QED) is 0.344. The van der Waals surface area contributed by atoms with Crippen molar-refractivity contribution in [2.24, 2.45) is 0 Å². The second kappa shape index (κ2) is 7.78. The summed E-state index contributed by atoms with van der Waals surface area (Å²) in [6.45, 7) is 1.75. The van der Waals surface area contributed by atoms with E-state index in [1.807, 2.05) is 0 Å². The minimum atomic E-state index is -0.999. The maximum atomic E-state index is 11.7. The molecule has 1 aromatic rings. The van der Waals surface area contributed by atoms with Crippen molar-refractivity contribution in [1.82, 2.24) is 5.32 Å². The van der Waals surface area contributed by atoms with Gasteiger partial charge in [-0.1, -0.05) is 24.3 Å². The number of carboxylic acids is 1. The summed E-state index contributed by atoms with van der Waals surface area (Å²) < 4.78 is 0. The van der Waals surface area contributed by atoms with Gasteiger partial charge in [-0.2, -0.15) is 0 Å². The number of hydrogen-bond acceptors (Lipinski definition) is 4. The van der Waals surface area contributed by atoms with Crippen LogP contribution < -0.4 is 5.32 Å². The van der Waals surface area contributed by atoms with Crippen molar-refractivity contribution in [2.45, 2.75) is 19.8 Å². The van der Waals surface area contributed by atoms with Gasteiger partial charge in [-0.3, -0.25) is 14.9 Å². The number of nitrogens with one attached hydrogen (secondary N) is 1. The Labute approximate surface area is 121 Å². The molecule has 0 bridgehead atoms. The highest BCUT2D eigenvalue weighted by Crippen LogP contribution is 2.17. The van der Waals surface area contributed by atoms with Crippen LogP contribution in [0.25, 0.3) is 0 Å². The van der Waals surface area contributed by atoms with Crippen molar-refractivity contribution in [1.29, 1.82) is 0 Å². The Balaban J connectivity index is 2.50. The number of carbonyl (C=O) groups is 2. The SMILES string of the molecule is CC(=CCCNC(=O)Cc1ccccc1[N+](=O)[O-])C(=O)O. The molecule has 0 atom stereocenters. The third-order valence-electron chi connectivity index (χ3n) is 2.79. The number of carbonyl (C=O) groups excluding carboxylic acids is 1. The Kier molecular flexibility index (Phi) is 6.06. The number of hydrogen-bond donors (Lipinski definition) is 2. The zero-order chi connectivity index (χ0) is 15.8. The predicted molar refractivity (Wildman–Crippen MR) is 75.8 cm³/mol. The fourth-order valence-corrected chi connectivity index (χ4v) is 1.66. The average molecular weight is 292 g/mol. The highest BCUT2D eigenvalue weighted by Gasteiger charge is 2.14. The predicted octanol–water partition coefficient (Wildman–Crippen LogP) is 1.67. The van der Waals surface area contributed by atoms with E-state index in [1.54, 1.807) is 12.1 Å². The standard InChI is InChI=1S/C14H16N2O5/c1-10(14(18)19)5-4-8-15-13(17)9-11-6-2-3-7-12(11)16(20)21/h2-3,5-7H,4,8-9H2,1H3,(H,15,17)(H,18,19). The van der Waals surface area contributed by atoms with E-state index in [2.05, 4.69) is 5.32 Å². The molecule has 0 saturated heterocycles. The molecule has 0 aliphatic carbocycles. The lowest BCUT2D eigenvalue weighted by molar-refractivity contribution is -0.385. The molecular weight excluding hydrogens is 276 g/mol. The normalized spacial score (nSPS) is 11.0. The van der Waals surface area contributed by atoms with Gasteiger partial charge in [0.25, 0.3) is 5.69 Å². The molecular formula is C14H16N2O5. The molecule has 2 N–H and O–H groups in total. The van der Waals surface area contributed by atoms with E-state index >= 15 is 0 Å². The second-order valence-corrected chi connectivity index (χ2v) is 4.39. The van der Waals surface area contributed by atoms with Crippen molar-refractivity contribution in [3.8, 4) is 0 Å². The van der Waals surface area contributed by atoms with Crippen LogP contribution in [0.1, 0.15) is 18.9 Å². The molecule has 0 aliphatic rings. The van der Waals surface area contributed by atoms with Gasteiger partial charge in [0.15, 0.2) is 0 Å². The number of aliphatic carboxylic acids is 1. The minimum Gasteiger partial charge on any atom is -0.478 e. The molecule has 0 aliphatic heterocycles. The number of benzene rings is 1. The van der Waals surface area contributed by atoms with Gasteiger partial charge in [0.2, 0.25) is 5.91 Å². The number of para-hydroxylation sites is 1. The number of amides is 1. The molecule has 7 nitrogen and oxygen atoms in total. The summed E-state index contributed by atoms with van der Waals surface area (Å²) >= 11 is 0. The van der Waals surface area contributed by atoms with Crippen LogP contribution in [0.4, 0.5) is 5.69 Å². The van der Waals surface area contributed by atoms with Gasteiger partial charge >= 0.3 is 5.97 Å². The van der Waals surface area contributed by atoms with Gasteiger partial charge in [0.05, 0.1) is 11.3 Å². The summed E-state index contributed by atoms with van der Waals surface area (Å²) in [4.78, 5) is 32.5. The first-order valence-corrected chi connectivity index (χ1v) is 6.31. The number of rotatable bonds is 7. The number of nitrogens with zero attached hydrogens (tertiary/aromatic N) is 1. The van der Waals surface area contributed by atoms with Crippen molar-refractivity contribution >= 4 is 17.6 Å². The average Bonchev–Trinajstić information content (AvgIpc) is 2.43. The molecule has 1 aromatic carbocycles. The second-order valence-electron chi connectivity index (χ2n) is 4.39. The number of carboxylic acid groups (broad SMARTS) is 1. The zero-order valence-corrected chi connectivity index (χ0v) is 11.5. The van der Waals surface area contributed by atoms with Gasteiger partial charge in [0, 0.05) is 23.7 Å². The van der Waals surface area contributed by atoms with E-state index in [-0.39, 0.29) is 30.1 Å². The van der Waals surface area contributed by atoms with Crippen LogP contribution in [0.15, 0.2) is 35.9 Å². The van der Waals surface area contributed by atoms with E-state index in [0.717, 1.165) is 0 Å². The first kappa shape index (κ1) is 16.4. The van der Waals surface area contributed by atoms with Gasteiger partial charge < -0.3 is 10.4 Å². The van der Waals surface area contributed by atoms with Crippen molar-refractivity contribution < 1.29 is 19.6 Å². The van der Waals surface area contributed by atoms with E-state index < -0.39 is 10.9 Å². The summed E-state index contributed by atoms with van der Waals surface area (Å²) in [5.74, 6) is -1.34. The lowest BCUT2D eigenvalue weighted by Crippen LogP contribution is -2.26. The summed E-state index contributed by atoms with van der Waals surface area (Å²) in [7, 11) is 0. The van der Waals surface area contributed by atoms with Crippen LogP contribution in [0.5, 0.6) is 0 Å². The van der Waals surface area contributed by atoms with Crippen LogP contribution in [0, 0.1) is 10.1 Å². The van der Waals surface area contributed by atoms with Crippen LogP contribution in [-0.2, 0) is 16.0 Å². The van der Waals surface area contributed by atoms with Crippen molar-refractivity contribution in [2.75, 3.05) is 6.54 Å². The van der Waals surface area contributed by atoms with Crippen LogP contribution >= 0.6 is 0 Å². The lowest BCUT2D eigenvalue weighted by Gasteiger charge is -2.04. The zero-order valence-electron chi connectivity index (χ0n) is 11.5. The fourth-order valence-electron chi connectivity index (χ4n) is 1.66. The molecule has 0 spiro atoms. The molecule has 0 aromatic heterocycles. The number of nitro benzene ring substituents is 1. The van der Waals surface area contributed by atoms with Crippen molar-refractivity contribution in [3.63, 3.8) is 0 Å². The Bertz CT molecular complexity index is 580. The molecule has 0 unspecified atom stereocenters. The first-order chi connectivity index (χ1) is 9.91. The Morgan fingerprint density at radius 2 is 2.05 bits per heavy atom. The summed E-state index contributed by atoms with van der Waals surface area (Å²) in [5.41, 5.74) is 0.467. The molecule has 21 heavy (non-hydrogen) atoms. The van der Waals surface area contributed by atoms with Crippen LogP contribution in [0.3, 0.4) is 0 Å². The Morgan fingerprint density at radius 1 is 1.38 bits per heavy atom. The molecule has 7 heteroatoms. The monoisotopic (exact) mass is 292 g/mol. The first-order valence-electron chi connectivity index (χ1n) is 6.31. The van der Waals surface area contributed by atoms with E-state index in [9.17, 15) is 19.7 Å². The Morgan fingerprint density at radius 3 is 2.67 bits per heavy atom. The van der Waals surface area contributed by atoms with Crippen molar-refractivity contribution in [3.05, 3.63) is 51.6 Å². The summed E-state index contributed by atoms with van der Waals surface area (Å²) in [6.07, 6.45) is 1.81. The molecule has 0 radical (unpaired) electrons. The molecule has 1 amide bonds. The third kappa shape index (κ3) is 5.43. The molecule has 1 rings (SSSR count). The molecule has 0 heterocycles. The fraction of sp³-hybridized carbons (Fsp3) is 0.286. The molecule has 0 fully saturated rings. The highest BCUT2D eigenvalue weighted by molar-refractivity contribution is 5.85. The van der Waals surface area contributed by atoms with Gasteiger partial charge in [-0.15, -0.1) is 0 Å². The van der Waals surface area contributed by atoms with Gasteiger partial charge in [-0.05, 0) is 13.3 Å². The van der Waals surface area contributed by atoms with E-state index in [0.29, 0.717) is 12.0 Å². The maximum Gasteiger partial charge on any atom is 0.330 e. The summed E-state index contributed by atoms with van der Waals surface area (Å²) in [5, 5.41) is 22.1. The minimum absolute atomic E-state index is 0.0845. The molecule has 112 valence electrons. The topological polar surface area (TPSA) is 110 Å². The van der Waals surface area contributed by atoms with E-state index in [1.165, 1.54) is 25.1 Å². The smallest absolute Gasteiger partial charge is 0.330 e. The number of nitro groups is 1. The van der Waals surface area contributed by atoms with Crippen LogP contribution in [0.2, 0.25) is 0 Å². The summed E-state index contributed by atoms with van der Waals surface area (Å²) in [6, 6.07) is 6.06. The molecule has 0 saturated carbocycles. The highest BCUT2D eigenvalue weighted by atomic mass is 16.6. The van der Waals surface area contributed by atoms with Gasteiger partial charge in [-0.25, -0.2) is 4.79 Å². The maximum absolute atomic E-state index is 11.7. The lowest BCUT2D eigenvalue weighted by atomic mass is 10.1. The Hall–Kier alpha value is -2.70. The van der Waals surface area contributed by atoms with E-state index in [4.69, 9.17) is 5.11 Å². The third-order valence-corrected chi connectivity index (χ3v) is 2.79.